The third-order valence-electron chi connectivity index (χ3n) is 5.91. The van der Waals surface area contributed by atoms with E-state index in [1.807, 2.05) is 12.5 Å². The van der Waals surface area contributed by atoms with Crippen molar-refractivity contribution in [2.75, 3.05) is 0 Å². The molecule has 158 valence electrons. The van der Waals surface area contributed by atoms with Gasteiger partial charge in [0.2, 0.25) is 0 Å². The highest BCUT2D eigenvalue weighted by atomic mass is 15.0. The number of hydrogen-bond donors (Lipinski definition) is 0. The van der Waals surface area contributed by atoms with E-state index in [9.17, 15) is 0 Å². The molecule has 0 aliphatic heterocycles. The summed E-state index contributed by atoms with van der Waals surface area (Å²) in [5.41, 5.74) is 10.9. The van der Waals surface area contributed by atoms with E-state index in [0.717, 1.165) is 28.6 Å². The summed E-state index contributed by atoms with van der Waals surface area (Å²) in [5, 5.41) is 1.15. The number of para-hydroxylation sites is 1. The highest BCUT2D eigenvalue weighted by Crippen LogP contribution is 2.33. The van der Waals surface area contributed by atoms with E-state index in [1.165, 1.54) is 33.5 Å². The third kappa shape index (κ3) is 4.23. The Balaban J connectivity index is 1.89. The van der Waals surface area contributed by atoms with Crippen LogP contribution in [0.25, 0.3) is 33.4 Å². The Morgan fingerprint density at radius 3 is 2.35 bits per heavy atom. The van der Waals surface area contributed by atoms with Gasteiger partial charge >= 0.3 is 0 Å². The van der Waals surface area contributed by atoms with Crippen LogP contribution in [0.4, 0.5) is 0 Å². The zero-order valence-corrected chi connectivity index (χ0v) is 19.7. The molecule has 3 nitrogen and oxygen atoms in total. The van der Waals surface area contributed by atoms with Crippen molar-refractivity contribution in [3.63, 3.8) is 0 Å². The smallest absolute Gasteiger partial charge is 0.256 e. The van der Waals surface area contributed by atoms with E-state index in [1.54, 1.807) is 0 Å². The van der Waals surface area contributed by atoms with Crippen LogP contribution in [0, 0.1) is 26.2 Å². The van der Waals surface area contributed by atoms with Gasteiger partial charge in [-0.15, -0.1) is 0 Å². The van der Waals surface area contributed by atoms with Gasteiger partial charge in [0.05, 0.1) is 23.7 Å². The minimum atomic E-state index is 0.248. The Bertz CT molecular complexity index is 1260. The molecule has 31 heavy (non-hydrogen) atoms. The summed E-state index contributed by atoms with van der Waals surface area (Å²) in [4.78, 5) is 9.63. The van der Waals surface area contributed by atoms with E-state index < -0.39 is 0 Å². The van der Waals surface area contributed by atoms with E-state index in [2.05, 4.69) is 95.6 Å². The van der Waals surface area contributed by atoms with Crippen molar-refractivity contribution >= 4 is 10.9 Å². The van der Waals surface area contributed by atoms with Crippen molar-refractivity contribution in [3.8, 4) is 22.5 Å². The molecule has 0 atom stereocenters. The minimum Gasteiger partial charge on any atom is -0.256 e. The minimum absolute atomic E-state index is 0.248. The molecule has 4 rings (SSSR count). The average molecular weight is 411 g/mol. The van der Waals surface area contributed by atoms with Gasteiger partial charge in [-0.05, 0) is 78.5 Å². The fraction of sp³-hybridized carbons (Fsp3) is 0.321. The highest BCUT2D eigenvalue weighted by molar-refractivity contribution is 5.99. The normalized spacial score (nSPS) is 11.8. The third-order valence-corrected chi connectivity index (χ3v) is 5.91. The summed E-state index contributed by atoms with van der Waals surface area (Å²) in [6.45, 7) is 13.3. The van der Waals surface area contributed by atoms with Crippen LogP contribution in [0.15, 0.2) is 55.0 Å². The summed E-state index contributed by atoms with van der Waals surface area (Å²) < 4.78 is 2.13. The van der Waals surface area contributed by atoms with Crippen molar-refractivity contribution in [2.24, 2.45) is 12.5 Å². The molecule has 0 unspecified atom stereocenters. The molecule has 3 heteroatoms. The first-order valence-corrected chi connectivity index (χ1v) is 10.9. The Labute approximate surface area is 185 Å². The Morgan fingerprint density at radius 1 is 0.903 bits per heavy atom. The SMILES string of the molecule is Cc1cc(C)c(C)c(-c2c3cccc(-c4ccc(CC(C)(C)C)cn4)c3nc[n+]2C)c1. The highest BCUT2D eigenvalue weighted by Gasteiger charge is 2.21. The van der Waals surface area contributed by atoms with Crippen molar-refractivity contribution in [1.29, 1.82) is 0 Å². The van der Waals surface area contributed by atoms with Gasteiger partial charge in [-0.25, -0.2) is 4.57 Å². The van der Waals surface area contributed by atoms with Gasteiger partial charge in [-0.2, -0.15) is 0 Å². The van der Waals surface area contributed by atoms with Gasteiger partial charge in [0.15, 0.2) is 5.52 Å². The van der Waals surface area contributed by atoms with Crippen LogP contribution in [0.5, 0.6) is 0 Å². The zero-order valence-electron chi connectivity index (χ0n) is 19.7. The second kappa shape index (κ2) is 7.88. The van der Waals surface area contributed by atoms with Gasteiger partial charge in [0.25, 0.3) is 6.33 Å². The Morgan fingerprint density at radius 2 is 1.68 bits per heavy atom. The Hall–Kier alpha value is -3.07. The van der Waals surface area contributed by atoms with Crippen LogP contribution >= 0.6 is 0 Å². The number of nitrogens with zero attached hydrogens (tertiary/aromatic N) is 3. The summed E-state index contributed by atoms with van der Waals surface area (Å²) in [6.07, 6.45) is 4.95. The molecule has 0 fully saturated rings. The van der Waals surface area contributed by atoms with E-state index in [4.69, 9.17) is 9.97 Å². The lowest BCUT2D eigenvalue weighted by atomic mass is 9.88. The maximum atomic E-state index is 4.82. The molecular weight excluding hydrogens is 378 g/mol. The molecule has 0 saturated heterocycles. The molecule has 2 aromatic carbocycles. The first kappa shape index (κ1) is 21.2. The summed E-state index contributed by atoms with van der Waals surface area (Å²) >= 11 is 0. The molecule has 0 amide bonds. The zero-order chi connectivity index (χ0) is 22.3. The van der Waals surface area contributed by atoms with Crippen LogP contribution in [0.3, 0.4) is 0 Å². The molecular formula is C28H32N3+. The number of benzene rings is 2. The fourth-order valence-electron chi connectivity index (χ4n) is 4.39. The maximum Gasteiger partial charge on any atom is 0.287 e. The molecule has 2 heterocycles. The van der Waals surface area contributed by atoms with Crippen molar-refractivity contribution in [2.45, 2.75) is 48.0 Å². The van der Waals surface area contributed by atoms with Crippen molar-refractivity contribution in [3.05, 3.63) is 77.2 Å². The first-order chi connectivity index (χ1) is 14.6. The lowest BCUT2D eigenvalue weighted by molar-refractivity contribution is -0.662. The summed E-state index contributed by atoms with van der Waals surface area (Å²) in [5.74, 6) is 0. The number of rotatable bonds is 3. The molecule has 0 aliphatic carbocycles. The van der Waals surface area contributed by atoms with Crippen LogP contribution < -0.4 is 4.57 Å². The number of aromatic nitrogens is 3. The van der Waals surface area contributed by atoms with Crippen LogP contribution in [0.2, 0.25) is 0 Å². The molecule has 2 aromatic heterocycles. The second-order valence-corrected chi connectivity index (χ2v) is 9.95. The number of pyridine rings is 1. The maximum absolute atomic E-state index is 4.82. The molecule has 0 aliphatic rings. The van der Waals surface area contributed by atoms with E-state index >= 15 is 0 Å². The van der Waals surface area contributed by atoms with Crippen molar-refractivity contribution < 1.29 is 4.57 Å². The standard InChI is InChI=1S/C28H32N3/c1-18-13-19(2)20(3)24(14-18)27-23-10-8-9-22(26(23)30-17-31(27)7)25-12-11-21(16-29-25)15-28(4,5)6/h8-14,16-17H,15H2,1-7H3/q+1. The van der Waals surface area contributed by atoms with Crippen LogP contribution in [-0.2, 0) is 13.5 Å². The van der Waals surface area contributed by atoms with Gasteiger partial charge in [-0.3, -0.25) is 4.98 Å². The largest absolute Gasteiger partial charge is 0.287 e. The second-order valence-electron chi connectivity index (χ2n) is 9.95. The molecule has 0 radical (unpaired) electrons. The lowest BCUT2D eigenvalue weighted by Crippen LogP contribution is -2.32. The van der Waals surface area contributed by atoms with Gasteiger partial charge < -0.3 is 0 Å². The fourth-order valence-corrected chi connectivity index (χ4v) is 4.39. The Kier molecular flexibility index (Phi) is 5.38. The first-order valence-electron chi connectivity index (χ1n) is 10.9. The predicted molar refractivity (Wildman–Crippen MR) is 129 cm³/mol. The molecule has 0 saturated carbocycles. The quantitative estimate of drug-likeness (QED) is 0.371. The van der Waals surface area contributed by atoms with E-state index in [-0.39, 0.29) is 5.41 Å². The monoisotopic (exact) mass is 410 g/mol. The molecule has 0 N–H and O–H groups in total. The topological polar surface area (TPSA) is 29.7 Å². The van der Waals surface area contributed by atoms with Gasteiger partial charge in [-0.1, -0.05) is 44.5 Å². The van der Waals surface area contributed by atoms with Crippen molar-refractivity contribution in [1.82, 2.24) is 9.97 Å². The number of hydrogen-bond acceptors (Lipinski definition) is 2. The van der Waals surface area contributed by atoms with Crippen LogP contribution in [-0.4, -0.2) is 9.97 Å². The average Bonchev–Trinajstić information content (AvgIpc) is 2.70. The molecule has 0 spiro atoms. The summed E-state index contributed by atoms with van der Waals surface area (Å²) in [6, 6.07) is 15.3. The van der Waals surface area contributed by atoms with Gasteiger partial charge in [0.1, 0.15) is 5.69 Å². The van der Waals surface area contributed by atoms with E-state index in [0.29, 0.717) is 0 Å². The number of aryl methyl sites for hydroxylation is 3. The predicted octanol–water partition coefficient (Wildman–Crippen LogP) is 6.30. The van der Waals surface area contributed by atoms with Gasteiger partial charge in [0, 0.05) is 11.8 Å². The molecule has 4 aromatic rings. The summed E-state index contributed by atoms with van der Waals surface area (Å²) in [7, 11) is 2.07. The lowest BCUT2D eigenvalue weighted by Gasteiger charge is -2.17. The molecule has 0 bridgehead atoms. The number of fused-ring (bicyclic) bond motifs is 1. The van der Waals surface area contributed by atoms with Crippen LogP contribution in [0.1, 0.15) is 43.0 Å².